The summed E-state index contributed by atoms with van der Waals surface area (Å²) in [5, 5.41) is 6.43. The molecule has 0 bridgehead atoms. The predicted molar refractivity (Wildman–Crippen MR) is 87.3 cm³/mol. The maximum atomic E-state index is 12.5. The van der Waals surface area contributed by atoms with Crippen molar-refractivity contribution < 1.29 is 4.79 Å². The number of anilines is 1. The average Bonchev–Trinajstić information content (AvgIpc) is 2.94. The van der Waals surface area contributed by atoms with Crippen LogP contribution in [0.2, 0.25) is 0 Å². The molecule has 116 valence electrons. The summed E-state index contributed by atoms with van der Waals surface area (Å²) in [5.74, 6) is 0.0759. The summed E-state index contributed by atoms with van der Waals surface area (Å²) in [4.78, 5) is 14.9. The molecule has 1 amide bonds. The molecule has 1 aliphatic heterocycles. The van der Waals surface area contributed by atoms with Crippen LogP contribution in [0.15, 0.2) is 24.3 Å². The van der Waals surface area contributed by atoms with E-state index in [1.54, 1.807) is 0 Å². The van der Waals surface area contributed by atoms with Gasteiger partial charge in [0.25, 0.3) is 0 Å². The Hall–Kier alpha value is -1.39. The van der Waals surface area contributed by atoms with Crippen LogP contribution in [0, 0.1) is 0 Å². The Morgan fingerprint density at radius 1 is 1.33 bits per heavy atom. The van der Waals surface area contributed by atoms with Gasteiger partial charge >= 0.3 is 0 Å². The molecule has 1 aliphatic rings. The van der Waals surface area contributed by atoms with E-state index in [2.05, 4.69) is 35.4 Å². The Kier molecular flexibility index (Phi) is 5.37. The fraction of sp³-hybridized carbons (Fsp3) is 0.588. The predicted octanol–water partition coefficient (Wildman–Crippen LogP) is 2.61. The van der Waals surface area contributed by atoms with Crippen LogP contribution in [0.3, 0.4) is 0 Å². The zero-order chi connectivity index (χ0) is 15.3. The number of carbonyl (C=O) groups is 1. The summed E-state index contributed by atoms with van der Waals surface area (Å²) < 4.78 is 0. The van der Waals surface area contributed by atoms with Crippen molar-refractivity contribution in [3.63, 3.8) is 0 Å². The van der Waals surface area contributed by atoms with Crippen LogP contribution < -0.4 is 10.6 Å². The van der Waals surface area contributed by atoms with Crippen LogP contribution in [0.4, 0.5) is 5.69 Å². The molecule has 1 aromatic carbocycles. The average molecular weight is 289 g/mol. The molecule has 0 radical (unpaired) electrons. The molecule has 1 heterocycles. The van der Waals surface area contributed by atoms with E-state index in [4.69, 9.17) is 0 Å². The Morgan fingerprint density at radius 3 is 2.67 bits per heavy atom. The fourth-order valence-electron chi connectivity index (χ4n) is 2.82. The van der Waals surface area contributed by atoms with Gasteiger partial charge in [-0.15, -0.1) is 0 Å². The summed E-state index contributed by atoms with van der Waals surface area (Å²) in [6, 6.07) is 8.10. The van der Waals surface area contributed by atoms with E-state index in [0.29, 0.717) is 0 Å². The molecule has 0 aromatic heterocycles. The number of rotatable bonds is 6. The molecular formula is C17H27N3O. The third-order valence-corrected chi connectivity index (χ3v) is 4.42. The zero-order valence-electron chi connectivity index (χ0n) is 13.4. The van der Waals surface area contributed by atoms with Crippen molar-refractivity contribution in [1.29, 1.82) is 0 Å². The highest BCUT2D eigenvalue weighted by Gasteiger charge is 2.36. The van der Waals surface area contributed by atoms with Crippen molar-refractivity contribution in [2.75, 3.05) is 25.0 Å². The van der Waals surface area contributed by atoms with E-state index in [9.17, 15) is 4.79 Å². The van der Waals surface area contributed by atoms with Gasteiger partial charge in [0, 0.05) is 12.2 Å². The molecule has 0 saturated carbocycles. The number of nitrogens with zero attached hydrogens (tertiary/aromatic N) is 1. The van der Waals surface area contributed by atoms with Gasteiger partial charge in [-0.3, -0.25) is 9.69 Å². The molecule has 0 aliphatic carbocycles. The van der Waals surface area contributed by atoms with Crippen molar-refractivity contribution in [3.05, 3.63) is 29.8 Å². The maximum absolute atomic E-state index is 12.5. The summed E-state index contributed by atoms with van der Waals surface area (Å²) >= 11 is 0. The first-order valence-electron chi connectivity index (χ1n) is 7.96. The Morgan fingerprint density at radius 2 is 2.05 bits per heavy atom. The first-order valence-corrected chi connectivity index (χ1v) is 7.96. The van der Waals surface area contributed by atoms with Gasteiger partial charge < -0.3 is 10.6 Å². The Labute approximate surface area is 127 Å². The molecule has 2 rings (SSSR count). The van der Waals surface area contributed by atoms with Crippen molar-refractivity contribution >= 4 is 11.6 Å². The summed E-state index contributed by atoms with van der Waals surface area (Å²) in [6.07, 6.45) is 1.96. The molecule has 1 aromatic rings. The van der Waals surface area contributed by atoms with Crippen LogP contribution >= 0.6 is 0 Å². The third kappa shape index (κ3) is 3.83. The largest absolute Gasteiger partial charge is 0.324 e. The lowest BCUT2D eigenvalue weighted by atomic mass is 9.99. The summed E-state index contributed by atoms with van der Waals surface area (Å²) in [6.45, 7) is 10.1. The number of benzene rings is 1. The SMILES string of the molecule is CCN(CC)Cc1ccccc1NC(=O)C1(C)CCCN1. The van der Waals surface area contributed by atoms with Crippen molar-refractivity contribution in [3.8, 4) is 0 Å². The van der Waals surface area contributed by atoms with E-state index in [1.807, 2.05) is 25.1 Å². The minimum atomic E-state index is -0.428. The first-order chi connectivity index (χ1) is 10.1. The molecule has 0 spiro atoms. The smallest absolute Gasteiger partial charge is 0.244 e. The maximum Gasteiger partial charge on any atom is 0.244 e. The minimum Gasteiger partial charge on any atom is -0.324 e. The highest BCUT2D eigenvalue weighted by atomic mass is 16.2. The van der Waals surface area contributed by atoms with Crippen molar-refractivity contribution in [2.24, 2.45) is 0 Å². The molecule has 21 heavy (non-hydrogen) atoms. The second kappa shape index (κ2) is 7.05. The Bertz CT molecular complexity index is 477. The summed E-state index contributed by atoms with van der Waals surface area (Å²) in [7, 11) is 0. The quantitative estimate of drug-likeness (QED) is 0.846. The molecule has 1 atom stereocenters. The number of carbonyl (C=O) groups excluding carboxylic acids is 1. The lowest BCUT2D eigenvalue weighted by Crippen LogP contribution is -2.48. The Balaban J connectivity index is 2.11. The minimum absolute atomic E-state index is 0.0759. The highest BCUT2D eigenvalue weighted by Crippen LogP contribution is 2.23. The van der Waals surface area contributed by atoms with Gasteiger partial charge in [0.05, 0.1) is 5.54 Å². The van der Waals surface area contributed by atoms with E-state index in [-0.39, 0.29) is 5.91 Å². The molecule has 1 saturated heterocycles. The second-order valence-corrected chi connectivity index (χ2v) is 5.94. The van der Waals surface area contributed by atoms with E-state index < -0.39 is 5.54 Å². The van der Waals surface area contributed by atoms with Gasteiger partial charge in [0.15, 0.2) is 0 Å². The molecule has 4 nitrogen and oxygen atoms in total. The van der Waals surface area contributed by atoms with E-state index in [1.165, 1.54) is 5.56 Å². The van der Waals surface area contributed by atoms with Crippen LogP contribution in [0.25, 0.3) is 0 Å². The van der Waals surface area contributed by atoms with Crippen LogP contribution in [-0.4, -0.2) is 36.0 Å². The van der Waals surface area contributed by atoms with Gasteiger partial charge in [-0.25, -0.2) is 0 Å². The molecular weight excluding hydrogens is 262 g/mol. The van der Waals surface area contributed by atoms with E-state index >= 15 is 0 Å². The number of amides is 1. The van der Waals surface area contributed by atoms with Gasteiger partial charge in [-0.1, -0.05) is 32.0 Å². The lowest BCUT2D eigenvalue weighted by molar-refractivity contribution is -0.121. The topological polar surface area (TPSA) is 44.4 Å². The zero-order valence-corrected chi connectivity index (χ0v) is 13.4. The van der Waals surface area contributed by atoms with Gasteiger partial charge in [-0.2, -0.15) is 0 Å². The van der Waals surface area contributed by atoms with Gasteiger partial charge in [-0.05, 0) is 51.0 Å². The number of hydrogen-bond acceptors (Lipinski definition) is 3. The van der Waals surface area contributed by atoms with Crippen LogP contribution in [0.1, 0.15) is 39.2 Å². The van der Waals surface area contributed by atoms with Crippen LogP contribution in [-0.2, 0) is 11.3 Å². The molecule has 1 unspecified atom stereocenters. The number of hydrogen-bond donors (Lipinski definition) is 2. The normalized spacial score (nSPS) is 21.7. The molecule has 2 N–H and O–H groups in total. The van der Waals surface area contributed by atoms with E-state index in [0.717, 1.165) is 44.7 Å². The van der Waals surface area contributed by atoms with Crippen molar-refractivity contribution in [2.45, 2.75) is 45.7 Å². The van der Waals surface area contributed by atoms with Crippen LogP contribution in [0.5, 0.6) is 0 Å². The third-order valence-electron chi connectivity index (χ3n) is 4.42. The second-order valence-electron chi connectivity index (χ2n) is 5.94. The first kappa shape index (κ1) is 16.0. The summed E-state index contributed by atoms with van der Waals surface area (Å²) in [5.41, 5.74) is 1.68. The standard InChI is InChI=1S/C17H27N3O/c1-4-20(5-2)13-14-9-6-7-10-15(14)19-16(21)17(3)11-8-12-18-17/h6-7,9-10,18H,4-5,8,11-13H2,1-3H3,(H,19,21). The van der Waals surface area contributed by atoms with Gasteiger partial charge in [0.2, 0.25) is 5.91 Å². The molecule has 4 heteroatoms. The number of nitrogens with one attached hydrogen (secondary N) is 2. The van der Waals surface area contributed by atoms with Crippen molar-refractivity contribution in [1.82, 2.24) is 10.2 Å². The lowest BCUT2D eigenvalue weighted by Gasteiger charge is -2.25. The van der Waals surface area contributed by atoms with Gasteiger partial charge in [0.1, 0.15) is 0 Å². The molecule has 1 fully saturated rings. The number of para-hydroxylation sites is 1. The fourth-order valence-corrected chi connectivity index (χ4v) is 2.82. The highest BCUT2D eigenvalue weighted by molar-refractivity contribution is 5.98. The monoisotopic (exact) mass is 289 g/mol.